The van der Waals surface area contributed by atoms with Gasteiger partial charge in [-0.3, -0.25) is 4.68 Å². The summed E-state index contributed by atoms with van der Waals surface area (Å²) >= 11 is 8.25. The molecule has 1 aliphatic heterocycles. The van der Waals surface area contributed by atoms with E-state index in [1.807, 2.05) is 31.2 Å². The second-order valence-electron chi connectivity index (χ2n) is 10.9. The highest BCUT2D eigenvalue weighted by Crippen LogP contribution is 2.45. The molecule has 1 saturated heterocycles. The van der Waals surface area contributed by atoms with E-state index in [0.29, 0.717) is 47.1 Å². The number of fused-ring (bicyclic) bond motifs is 1. The molecule has 0 atom stereocenters. The summed E-state index contributed by atoms with van der Waals surface area (Å²) in [6.45, 7) is 3.01. The third kappa shape index (κ3) is 5.22. The van der Waals surface area contributed by atoms with Crippen LogP contribution in [-0.2, 0) is 38.8 Å². The standard InChI is InChI=1S/C32H28ClN5O5S2/c1-20-4-10-24(11-5-20)45(39,40)38-27(22-13-36-37(2)16-22)12-25-29(26(33)14-34-30(25)38)28-15-35-31(44-28)32(18-42-19-32)43-17-21-6-8-23(41-3)9-7-21/h4-16H,17-19H2,1-3H3. The van der Waals surface area contributed by atoms with E-state index in [-0.39, 0.29) is 10.5 Å². The number of halogens is 1. The van der Waals surface area contributed by atoms with Gasteiger partial charge in [-0.05, 0) is 42.8 Å². The van der Waals surface area contributed by atoms with Crippen LogP contribution >= 0.6 is 22.9 Å². The highest BCUT2D eigenvalue weighted by Gasteiger charge is 2.44. The summed E-state index contributed by atoms with van der Waals surface area (Å²) in [5.74, 6) is 0.776. The van der Waals surface area contributed by atoms with Crippen LogP contribution in [0.4, 0.5) is 0 Å². The Labute approximate surface area is 268 Å². The Morgan fingerprint density at radius 3 is 2.44 bits per heavy atom. The highest BCUT2D eigenvalue weighted by atomic mass is 35.5. The quantitative estimate of drug-likeness (QED) is 0.180. The molecule has 0 radical (unpaired) electrons. The fourth-order valence-electron chi connectivity index (χ4n) is 5.26. The Morgan fingerprint density at radius 1 is 1.04 bits per heavy atom. The number of nitrogens with zero attached hydrogens (tertiary/aromatic N) is 5. The number of aromatic nitrogens is 5. The van der Waals surface area contributed by atoms with E-state index in [4.69, 9.17) is 30.8 Å². The molecular formula is C32H28ClN5O5S2. The molecule has 0 saturated carbocycles. The summed E-state index contributed by atoms with van der Waals surface area (Å²) in [5, 5.41) is 5.98. The average molecular weight is 662 g/mol. The molecule has 0 amide bonds. The van der Waals surface area contributed by atoms with Crippen molar-refractivity contribution in [1.82, 2.24) is 23.7 Å². The van der Waals surface area contributed by atoms with E-state index in [2.05, 4.69) is 10.1 Å². The fraction of sp³-hybridized carbons (Fsp3) is 0.219. The van der Waals surface area contributed by atoms with Crippen molar-refractivity contribution in [2.75, 3.05) is 20.3 Å². The van der Waals surface area contributed by atoms with Crippen molar-refractivity contribution >= 4 is 44.0 Å². The zero-order chi connectivity index (χ0) is 31.3. The van der Waals surface area contributed by atoms with Crippen LogP contribution in [0, 0.1) is 6.92 Å². The topological polar surface area (TPSA) is 110 Å². The Morgan fingerprint density at radius 2 is 1.80 bits per heavy atom. The van der Waals surface area contributed by atoms with Gasteiger partial charge in [-0.2, -0.15) is 5.10 Å². The molecule has 5 heterocycles. The van der Waals surface area contributed by atoms with E-state index in [0.717, 1.165) is 26.8 Å². The van der Waals surface area contributed by atoms with Gasteiger partial charge in [0.2, 0.25) is 0 Å². The van der Waals surface area contributed by atoms with E-state index in [1.165, 1.54) is 21.5 Å². The number of methoxy groups -OCH3 is 1. The lowest BCUT2D eigenvalue weighted by Crippen LogP contribution is -2.48. The predicted molar refractivity (Wildman–Crippen MR) is 172 cm³/mol. The van der Waals surface area contributed by atoms with E-state index in [9.17, 15) is 8.42 Å². The molecular weight excluding hydrogens is 634 g/mol. The fourth-order valence-corrected chi connectivity index (χ4v) is 8.16. The van der Waals surface area contributed by atoms with Crippen LogP contribution in [0.1, 0.15) is 16.1 Å². The summed E-state index contributed by atoms with van der Waals surface area (Å²) in [7, 11) is -0.644. The largest absolute Gasteiger partial charge is 0.497 e. The molecule has 10 nitrogen and oxygen atoms in total. The lowest BCUT2D eigenvalue weighted by molar-refractivity contribution is -0.222. The molecule has 2 aromatic carbocycles. The lowest BCUT2D eigenvalue weighted by atomic mass is 10.0. The summed E-state index contributed by atoms with van der Waals surface area (Å²) in [4.78, 5) is 10.2. The maximum atomic E-state index is 14.2. The van der Waals surface area contributed by atoms with Crippen LogP contribution in [0.2, 0.25) is 5.02 Å². The van der Waals surface area contributed by atoms with Crippen LogP contribution in [0.15, 0.2) is 84.3 Å². The summed E-state index contributed by atoms with van der Waals surface area (Å²) < 4.78 is 48.5. The van der Waals surface area contributed by atoms with Gasteiger partial charge in [-0.25, -0.2) is 22.4 Å². The van der Waals surface area contributed by atoms with Crippen molar-refractivity contribution < 1.29 is 22.6 Å². The van der Waals surface area contributed by atoms with E-state index >= 15 is 0 Å². The maximum Gasteiger partial charge on any atom is 0.269 e. The Kier molecular flexibility index (Phi) is 7.49. The van der Waals surface area contributed by atoms with Crippen LogP contribution < -0.4 is 4.74 Å². The Bertz CT molecular complexity index is 2130. The first-order valence-corrected chi connectivity index (χ1v) is 16.6. The number of pyridine rings is 1. The highest BCUT2D eigenvalue weighted by molar-refractivity contribution is 7.90. The molecule has 45 heavy (non-hydrogen) atoms. The van der Waals surface area contributed by atoms with Gasteiger partial charge in [0.15, 0.2) is 11.2 Å². The molecule has 7 rings (SSSR count). The van der Waals surface area contributed by atoms with Crippen LogP contribution in [0.25, 0.3) is 32.7 Å². The number of thiazole rings is 1. The van der Waals surface area contributed by atoms with Gasteiger partial charge >= 0.3 is 0 Å². The molecule has 1 aliphatic rings. The third-order valence-electron chi connectivity index (χ3n) is 7.79. The van der Waals surface area contributed by atoms with Crippen LogP contribution in [-0.4, -0.2) is 52.5 Å². The monoisotopic (exact) mass is 661 g/mol. The molecule has 0 bridgehead atoms. The zero-order valence-electron chi connectivity index (χ0n) is 24.6. The number of hydrogen-bond donors (Lipinski definition) is 0. The molecule has 4 aromatic heterocycles. The van der Waals surface area contributed by atoms with Gasteiger partial charge in [-0.15, -0.1) is 11.3 Å². The number of benzene rings is 2. The van der Waals surface area contributed by atoms with Gasteiger partial charge in [0.05, 0.1) is 53.6 Å². The van der Waals surface area contributed by atoms with E-state index < -0.39 is 15.6 Å². The second-order valence-corrected chi connectivity index (χ2v) is 14.1. The van der Waals surface area contributed by atoms with Crippen LogP contribution in [0.3, 0.4) is 0 Å². The number of rotatable bonds is 9. The molecule has 230 valence electrons. The van der Waals surface area contributed by atoms with Crippen molar-refractivity contribution in [3.63, 3.8) is 0 Å². The first-order chi connectivity index (χ1) is 21.7. The third-order valence-corrected chi connectivity index (χ3v) is 11.0. The Balaban J connectivity index is 1.32. The molecule has 6 aromatic rings. The van der Waals surface area contributed by atoms with Crippen molar-refractivity contribution in [3.05, 3.63) is 101 Å². The van der Waals surface area contributed by atoms with Crippen LogP contribution in [0.5, 0.6) is 5.75 Å². The number of aryl methyl sites for hydroxylation is 2. The number of ether oxygens (including phenoxy) is 3. The van der Waals surface area contributed by atoms with Crippen molar-refractivity contribution in [2.24, 2.45) is 7.05 Å². The summed E-state index contributed by atoms with van der Waals surface area (Å²) in [5.41, 5.74) is 3.18. The molecule has 0 unspecified atom stereocenters. The molecule has 1 fully saturated rings. The summed E-state index contributed by atoms with van der Waals surface area (Å²) in [6.07, 6.45) is 6.62. The zero-order valence-corrected chi connectivity index (χ0v) is 27.0. The van der Waals surface area contributed by atoms with Gasteiger partial charge in [0.1, 0.15) is 10.8 Å². The minimum atomic E-state index is -4.05. The maximum absolute atomic E-state index is 14.2. The molecule has 13 heteroatoms. The lowest BCUT2D eigenvalue weighted by Gasteiger charge is -2.39. The first-order valence-electron chi connectivity index (χ1n) is 14.0. The number of hydrogen-bond acceptors (Lipinski definition) is 9. The SMILES string of the molecule is COc1ccc(COC2(c3ncc(-c4c(Cl)cnc5c4cc(-c4cnn(C)c4)n5S(=O)(=O)c4ccc(C)cc4)s3)COC2)cc1. The van der Waals surface area contributed by atoms with Gasteiger partial charge in [-0.1, -0.05) is 41.4 Å². The van der Waals surface area contributed by atoms with Crippen molar-refractivity contribution in [1.29, 1.82) is 0 Å². The smallest absolute Gasteiger partial charge is 0.269 e. The molecule has 0 aliphatic carbocycles. The average Bonchev–Trinajstić information content (AvgIpc) is 3.76. The molecule has 0 spiro atoms. The van der Waals surface area contributed by atoms with Gasteiger partial charge in [0.25, 0.3) is 10.0 Å². The normalized spacial score (nSPS) is 14.5. The Hall–Kier alpha value is -4.07. The van der Waals surface area contributed by atoms with Gasteiger partial charge in [0, 0.05) is 42.2 Å². The molecule has 0 N–H and O–H groups in total. The first kappa shape index (κ1) is 29.6. The second kappa shape index (κ2) is 11.4. The van der Waals surface area contributed by atoms with Crippen molar-refractivity contribution in [3.8, 4) is 27.4 Å². The minimum absolute atomic E-state index is 0.148. The van der Waals surface area contributed by atoms with Crippen molar-refractivity contribution in [2.45, 2.75) is 24.0 Å². The summed E-state index contributed by atoms with van der Waals surface area (Å²) in [6, 6.07) is 16.3. The van der Waals surface area contributed by atoms with E-state index in [1.54, 1.807) is 67.8 Å². The van der Waals surface area contributed by atoms with Gasteiger partial charge < -0.3 is 14.2 Å². The minimum Gasteiger partial charge on any atom is -0.497 e. The predicted octanol–water partition coefficient (Wildman–Crippen LogP) is 6.21.